The highest BCUT2D eigenvalue weighted by Crippen LogP contribution is 2.29. The zero-order chi connectivity index (χ0) is 12.4. The summed E-state index contributed by atoms with van der Waals surface area (Å²) in [4.78, 5) is 11.0. The molecule has 2 aromatic rings. The second-order valence-corrected chi connectivity index (χ2v) is 5.37. The quantitative estimate of drug-likeness (QED) is 0.762. The van der Waals surface area contributed by atoms with Crippen LogP contribution in [-0.4, -0.2) is 5.78 Å². The van der Waals surface area contributed by atoms with Crippen LogP contribution < -0.4 is 0 Å². The van der Waals surface area contributed by atoms with E-state index in [4.69, 9.17) is 16.0 Å². The third-order valence-electron chi connectivity index (χ3n) is 2.28. The molecule has 0 aliphatic carbocycles. The maximum Gasteiger partial charge on any atom is 0.137 e. The van der Waals surface area contributed by atoms with Gasteiger partial charge in [-0.05, 0) is 59.8 Å². The van der Waals surface area contributed by atoms with E-state index in [-0.39, 0.29) is 5.78 Å². The minimum absolute atomic E-state index is 0.0942. The van der Waals surface area contributed by atoms with Crippen LogP contribution in [0.2, 0.25) is 5.02 Å². The molecule has 0 aliphatic heterocycles. The normalized spacial score (nSPS) is 10.5. The molecule has 0 saturated carbocycles. The first-order valence-electron chi connectivity index (χ1n) is 5.10. The summed E-state index contributed by atoms with van der Waals surface area (Å²) < 4.78 is 6.66. The lowest BCUT2D eigenvalue weighted by atomic mass is 10.2. The molecule has 0 unspecified atom stereocenters. The third kappa shape index (κ3) is 3.10. The van der Waals surface area contributed by atoms with Crippen LogP contribution in [0, 0.1) is 3.57 Å². The van der Waals surface area contributed by atoms with E-state index in [1.165, 1.54) is 0 Å². The topological polar surface area (TPSA) is 30.2 Å². The summed E-state index contributed by atoms with van der Waals surface area (Å²) in [6.45, 7) is 1.55. The molecule has 17 heavy (non-hydrogen) atoms. The zero-order valence-corrected chi connectivity index (χ0v) is 12.1. The minimum atomic E-state index is 0.0942. The minimum Gasteiger partial charge on any atom is -0.461 e. The van der Waals surface area contributed by atoms with Crippen LogP contribution in [0.25, 0.3) is 11.3 Å². The van der Waals surface area contributed by atoms with Crippen LogP contribution in [0.1, 0.15) is 12.7 Å². The van der Waals surface area contributed by atoms with Crippen molar-refractivity contribution < 1.29 is 9.21 Å². The fourth-order valence-electron chi connectivity index (χ4n) is 1.55. The van der Waals surface area contributed by atoms with E-state index in [9.17, 15) is 4.79 Å². The highest BCUT2D eigenvalue weighted by molar-refractivity contribution is 14.1. The van der Waals surface area contributed by atoms with Crippen LogP contribution in [0.3, 0.4) is 0 Å². The van der Waals surface area contributed by atoms with E-state index in [2.05, 4.69) is 22.6 Å². The molecule has 0 saturated heterocycles. The third-order valence-corrected chi connectivity index (χ3v) is 3.41. The monoisotopic (exact) mass is 360 g/mol. The Bertz CT molecular complexity index is 560. The first kappa shape index (κ1) is 12.6. The summed E-state index contributed by atoms with van der Waals surface area (Å²) in [5, 5.41) is 0.702. The molecule has 0 amide bonds. The number of rotatable bonds is 3. The van der Waals surface area contributed by atoms with Crippen molar-refractivity contribution in [3.8, 4) is 11.3 Å². The van der Waals surface area contributed by atoms with Gasteiger partial charge in [-0.1, -0.05) is 11.6 Å². The molecule has 4 heteroatoms. The molecular weight excluding hydrogens is 350 g/mol. The smallest absolute Gasteiger partial charge is 0.137 e. The standard InChI is InChI=1S/C13H10ClIO2/c1-8(16)6-10-3-5-13(17-10)11-4-2-9(14)7-12(11)15/h2-5,7H,6H2,1H3. The summed E-state index contributed by atoms with van der Waals surface area (Å²) >= 11 is 8.11. The van der Waals surface area contributed by atoms with E-state index in [1.807, 2.05) is 30.3 Å². The molecule has 0 aliphatic rings. The van der Waals surface area contributed by atoms with Gasteiger partial charge in [0.05, 0.1) is 6.42 Å². The van der Waals surface area contributed by atoms with Crippen molar-refractivity contribution in [2.24, 2.45) is 0 Å². The Kier molecular flexibility index (Phi) is 3.89. The number of hydrogen-bond donors (Lipinski definition) is 0. The number of furan rings is 1. The maximum absolute atomic E-state index is 11.0. The lowest BCUT2D eigenvalue weighted by Gasteiger charge is -2.01. The van der Waals surface area contributed by atoms with Gasteiger partial charge in [0.15, 0.2) is 0 Å². The molecule has 0 N–H and O–H groups in total. The molecule has 0 fully saturated rings. The molecule has 1 heterocycles. The van der Waals surface area contributed by atoms with Crippen LogP contribution in [0.4, 0.5) is 0 Å². The Morgan fingerprint density at radius 3 is 2.76 bits per heavy atom. The van der Waals surface area contributed by atoms with Gasteiger partial charge in [-0.2, -0.15) is 0 Å². The summed E-state index contributed by atoms with van der Waals surface area (Å²) in [5.74, 6) is 1.55. The number of benzene rings is 1. The SMILES string of the molecule is CC(=O)Cc1ccc(-c2ccc(Cl)cc2I)o1. The first-order valence-corrected chi connectivity index (χ1v) is 6.55. The lowest BCUT2D eigenvalue weighted by molar-refractivity contribution is -0.116. The summed E-state index contributed by atoms with van der Waals surface area (Å²) in [6.07, 6.45) is 0.337. The summed E-state index contributed by atoms with van der Waals surface area (Å²) in [5.41, 5.74) is 0.991. The van der Waals surface area contributed by atoms with Crippen LogP contribution >= 0.6 is 34.2 Å². The molecule has 88 valence electrons. The number of Topliss-reactive ketones (excluding diaryl/α,β-unsaturated/α-hetero) is 1. The number of carbonyl (C=O) groups is 1. The van der Waals surface area contributed by atoms with Crippen LogP contribution in [0.15, 0.2) is 34.7 Å². The van der Waals surface area contributed by atoms with E-state index >= 15 is 0 Å². The number of carbonyl (C=O) groups excluding carboxylic acids is 1. The van der Waals surface area contributed by atoms with Gasteiger partial charge in [0.2, 0.25) is 0 Å². The second-order valence-electron chi connectivity index (χ2n) is 3.77. The van der Waals surface area contributed by atoms with Gasteiger partial charge in [-0.25, -0.2) is 0 Å². The zero-order valence-electron chi connectivity index (χ0n) is 9.17. The maximum atomic E-state index is 11.0. The van der Waals surface area contributed by atoms with Gasteiger partial charge in [0, 0.05) is 14.2 Å². The van der Waals surface area contributed by atoms with Crippen molar-refractivity contribution >= 4 is 40.0 Å². The molecule has 0 atom stereocenters. The van der Waals surface area contributed by atoms with Gasteiger partial charge < -0.3 is 4.42 Å². The molecule has 0 spiro atoms. The Morgan fingerprint density at radius 1 is 1.35 bits per heavy atom. The van der Waals surface area contributed by atoms with Gasteiger partial charge >= 0.3 is 0 Å². The molecule has 2 nitrogen and oxygen atoms in total. The molecule has 2 rings (SSSR count). The second kappa shape index (κ2) is 5.23. The van der Waals surface area contributed by atoms with Crippen molar-refractivity contribution in [2.75, 3.05) is 0 Å². The predicted octanol–water partition coefficient (Wildman–Crippen LogP) is 4.34. The van der Waals surface area contributed by atoms with Crippen molar-refractivity contribution in [2.45, 2.75) is 13.3 Å². The molecule has 1 aromatic carbocycles. The average molecular weight is 361 g/mol. The summed E-state index contributed by atoms with van der Waals surface area (Å²) in [7, 11) is 0. The largest absolute Gasteiger partial charge is 0.461 e. The van der Waals surface area contributed by atoms with Gasteiger partial charge in [-0.15, -0.1) is 0 Å². The van der Waals surface area contributed by atoms with Gasteiger partial charge in [0.1, 0.15) is 17.3 Å². The van der Waals surface area contributed by atoms with Crippen molar-refractivity contribution in [1.82, 2.24) is 0 Å². The molecule has 1 aromatic heterocycles. The van der Waals surface area contributed by atoms with E-state index in [0.29, 0.717) is 17.2 Å². The highest BCUT2D eigenvalue weighted by Gasteiger charge is 2.09. The van der Waals surface area contributed by atoms with Crippen molar-refractivity contribution in [3.63, 3.8) is 0 Å². The molecular formula is C13H10ClIO2. The van der Waals surface area contributed by atoms with E-state index in [0.717, 1.165) is 14.9 Å². The van der Waals surface area contributed by atoms with Crippen LogP contribution in [-0.2, 0) is 11.2 Å². The van der Waals surface area contributed by atoms with E-state index < -0.39 is 0 Å². The fraction of sp³-hybridized carbons (Fsp3) is 0.154. The fourth-order valence-corrected chi connectivity index (χ4v) is 2.69. The number of hydrogen-bond acceptors (Lipinski definition) is 2. The highest BCUT2D eigenvalue weighted by atomic mass is 127. The first-order chi connectivity index (χ1) is 8.06. The lowest BCUT2D eigenvalue weighted by Crippen LogP contribution is -1.93. The average Bonchev–Trinajstić information content (AvgIpc) is 2.65. The van der Waals surface area contributed by atoms with Gasteiger partial charge in [0.25, 0.3) is 0 Å². The van der Waals surface area contributed by atoms with Crippen molar-refractivity contribution in [3.05, 3.63) is 44.7 Å². The molecule has 0 bridgehead atoms. The summed E-state index contributed by atoms with van der Waals surface area (Å²) in [6, 6.07) is 9.34. The number of halogens is 2. The predicted molar refractivity (Wildman–Crippen MR) is 76.3 cm³/mol. The van der Waals surface area contributed by atoms with Gasteiger partial charge in [-0.3, -0.25) is 4.79 Å². The van der Waals surface area contributed by atoms with Crippen molar-refractivity contribution in [1.29, 1.82) is 0 Å². The van der Waals surface area contributed by atoms with E-state index in [1.54, 1.807) is 6.92 Å². The molecule has 0 radical (unpaired) electrons. The Morgan fingerprint density at radius 2 is 2.12 bits per heavy atom. The van der Waals surface area contributed by atoms with Crippen LogP contribution in [0.5, 0.6) is 0 Å². The Labute approximate surface area is 118 Å². The Hall–Kier alpha value is -0.810. The Balaban J connectivity index is 2.33. The number of ketones is 1.